The molecule has 2 aromatic heterocycles. The highest BCUT2D eigenvalue weighted by atomic mass is 15.2. The molecule has 1 saturated carbocycles. The Bertz CT molecular complexity index is 551. The van der Waals surface area contributed by atoms with E-state index in [4.69, 9.17) is 0 Å². The van der Waals surface area contributed by atoms with Crippen LogP contribution in [0, 0.1) is 0 Å². The maximum Gasteiger partial charge on any atom is 0.147 e. The standard InChI is InChI=1S/C16H21N5/c1-2-21(12-14-5-3-4-8-17-14)16-11-19-15(10-20-16)9-18-13-6-7-13/h3-5,8,10-11,13,18H,2,6-7,9,12H2,1H3. The van der Waals surface area contributed by atoms with Crippen LogP contribution >= 0.6 is 0 Å². The molecule has 0 aromatic carbocycles. The lowest BCUT2D eigenvalue weighted by Gasteiger charge is -2.21. The summed E-state index contributed by atoms with van der Waals surface area (Å²) in [7, 11) is 0. The number of pyridine rings is 1. The second kappa shape index (κ2) is 6.63. The average Bonchev–Trinajstić information content (AvgIpc) is 3.37. The first-order chi connectivity index (χ1) is 10.3. The Morgan fingerprint density at radius 2 is 2.05 bits per heavy atom. The van der Waals surface area contributed by atoms with Crippen molar-refractivity contribution in [2.45, 2.75) is 38.9 Å². The molecule has 110 valence electrons. The first-order valence-electron chi connectivity index (χ1n) is 7.54. The van der Waals surface area contributed by atoms with Crippen LogP contribution in [0.25, 0.3) is 0 Å². The molecule has 0 amide bonds. The van der Waals surface area contributed by atoms with Gasteiger partial charge in [-0.2, -0.15) is 0 Å². The van der Waals surface area contributed by atoms with Gasteiger partial charge in [0.25, 0.3) is 0 Å². The van der Waals surface area contributed by atoms with Crippen LogP contribution in [-0.4, -0.2) is 27.5 Å². The Labute approximate surface area is 125 Å². The highest BCUT2D eigenvalue weighted by molar-refractivity contribution is 5.36. The molecule has 5 nitrogen and oxygen atoms in total. The number of rotatable bonds is 7. The van der Waals surface area contributed by atoms with Crippen LogP contribution in [0.15, 0.2) is 36.8 Å². The molecule has 0 saturated heterocycles. The molecule has 0 radical (unpaired) electrons. The van der Waals surface area contributed by atoms with Gasteiger partial charge < -0.3 is 10.2 Å². The summed E-state index contributed by atoms with van der Waals surface area (Å²) < 4.78 is 0. The topological polar surface area (TPSA) is 53.9 Å². The molecular formula is C16H21N5. The fourth-order valence-corrected chi connectivity index (χ4v) is 2.18. The second-order valence-corrected chi connectivity index (χ2v) is 5.36. The second-order valence-electron chi connectivity index (χ2n) is 5.36. The molecule has 0 bridgehead atoms. The van der Waals surface area contributed by atoms with Crippen molar-refractivity contribution in [1.82, 2.24) is 20.3 Å². The Morgan fingerprint density at radius 1 is 1.14 bits per heavy atom. The quantitative estimate of drug-likeness (QED) is 0.844. The van der Waals surface area contributed by atoms with E-state index in [1.54, 1.807) is 0 Å². The number of nitrogens with one attached hydrogen (secondary N) is 1. The summed E-state index contributed by atoms with van der Waals surface area (Å²) in [4.78, 5) is 15.6. The van der Waals surface area contributed by atoms with Crippen molar-refractivity contribution >= 4 is 5.82 Å². The zero-order valence-electron chi connectivity index (χ0n) is 12.4. The Morgan fingerprint density at radius 3 is 2.67 bits per heavy atom. The predicted molar refractivity (Wildman–Crippen MR) is 82.9 cm³/mol. The van der Waals surface area contributed by atoms with Gasteiger partial charge >= 0.3 is 0 Å². The maximum absolute atomic E-state index is 4.54. The predicted octanol–water partition coefficient (Wildman–Crippen LogP) is 2.15. The van der Waals surface area contributed by atoms with Gasteiger partial charge in [0, 0.05) is 25.3 Å². The SMILES string of the molecule is CCN(Cc1ccccn1)c1cnc(CNC2CC2)cn1. The number of hydrogen-bond donors (Lipinski definition) is 1. The monoisotopic (exact) mass is 283 g/mol. The van der Waals surface area contributed by atoms with Gasteiger partial charge in [-0.25, -0.2) is 4.98 Å². The highest BCUT2D eigenvalue weighted by Gasteiger charge is 2.20. The summed E-state index contributed by atoms with van der Waals surface area (Å²) in [6, 6.07) is 6.67. The first-order valence-corrected chi connectivity index (χ1v) is 7.54. The van der Waals surface area contributed by atoms with Crippen LogP contribution in [0.3, 0.4) is 0 Å². The minimum Gasteiger partial charge on any atom is -0.350 e. The van der Waals surface area contributed by atoms with Gasteiger partial charge in [-0.3, -0.25) is 9.97 Å². The molecule has 1 N–H and O–H groups in total. The van der Waals surface area contributed by atoms with E-state index in [0.29, 0.717) is 6.04 Å². The van der Waals surface area contributed by atoms with Crippen LogP contribution in [0.2, 0.25) is 0 Å². The summed E-state index contributed by atoms with van der Waals surface area (Å²) in [5, 5.41) is 3.45. The molecule has 0 unspecified atom stereocenters. The van der Waals surface area contributed by atoms with Crippen molar-refractivity contribution in [3.05, 3.63) is 48.2 Å². The fourth-order valence-electron chi connectivity index (χ4n) is 2.18. The van der Waals surface area contributed by atoms with Gasteiger partial charge in [-0.05, 0) is 31.9 Å². The van der Waals surface area contributed by atoms with E-state index in [1.807, 2.05) is 36.8 Å². The Hall–Kier alpha value is -2.01. The summed E-state index contributed by atoms with van der Waals surface area (Å²) in [5.41, 5.74) is 2.04. The number of hydrogen-bond acceptors (Lipinski definition) is 5. The maximum atomic E-state index is 4.54. The molecule has 0 aliphatic heterocycles. The number of aromatic nitrogens is 3. The van der Waals surface area contributed by atoms with Crippen molar-refractivity contribution in [2.75, 3.05) is 11.4 Å². The van der Waals surface area contributed by atoms with Gasteiger partial charge in [-0.15, -0.1) is 0 Å². The van der Waals surface area contributed by atoms with Crippen LogP contribution in [0.5, 0.6) is 0 Å². The Balaban J connectivity index is 1.62. The summed E-state index contributed by atoms with van der Waals surface area (Å²) in [5.74, 6) is 0.901. The third-order valence-electron chi connectivity index (χ3n) is 3.63. The van der Waals surface area contributed by atoms with Crippen LogP contribution in [0.1, 0.15) is 31.2 Å². The average molecular weight is 283 g/mol. The minimum atomic E-state index is 0.697. The minimum absolute atomic E-state index is 0.697. The van der Waals surface area contributed by atoms with Crippen molar-refractivity contribution in [3.63, 3.8) is 0 Å². The molecule has 5 heteroatoms. The third-order valence-corrected chi connectivity index (χ3v) is 3.63. The zero-order valence-corrected chi connectivity index (χ0v) is 12.4. The number of nitrogens with zero attached hydrogens (tertiary/aromatic N) is 4. The summed E-state index contributed by atoms with van der Waals surface area (Å²) >= 11 is 0. The number of anilines is 1. The molecule has 3 rings (SSSR count). The van der Waals surface area contributed by atoms with Gasteiger partial charge in [0.2, 0.25) is 0 Å². The van der Waals surface area contributed by atoms with Crippen molar-refractivity contribution in [3.8, 4) is 0 Å². The smallest absolute Gasteiger partial charge is 0.147 e. The molecule has 1 fully saturated rings. The molecule has 0 spiro atoms. The van der Waals surface area contributed by atoms with Gasteiger partial charge in [-0.1, -0.05) is 6.07 Å². The van der Waals surface area contributed by atoms with Crippen LogP contribution in [0.4, 0.5) is 5.82 Å². The molecule has 2 heterocycles. The van der Waals surface area contributed by atoms with Crippen molar-refractivity contribution < 1.29 is 0 Å². The molecule has 1 aliphatic carbocycles. The lowest BCUT2D eigenvalue weighted by atomic mass is 10.3. The summed E-state index contributed by atoms with van der Waals surface area (Å²) in [6.45, 7) is 4.56. The molecule has 2 aromatic rings. The molecular weight excluding hydrogens is 262 g/mol. The first kappa shape index (κ1) is 13.9. The molecule has 21 heavy (non-hydrogen) atoms. The Kier molecular flexibility index (Phi) is 4.40. The van der Waals surface area contributed by atoms with E-state index >= 15 is 0 Å². The molecule has 0 atom stereocenters. The zero-order chi connectivity index (χ0) is 14.5. The summed E-state index contributed by atoms with van der Waals surface area (Å²) in [6.07, 6.45) is 8.13. The normalized spacial score (nSPS) is 14.1. The van der Waals surface area contributed by atoms with Crippen molar-refractivity contribution in [1.29, 1.82) is 0 Å². The van der Waals surface area contributed by atoms with Crippen LogP contribution in [-0.2, 0) is 13.1 Å². The lowest BCUT2D eigenvalue weighted by Crippen LogP contribution is -2.24. The van der Waals surface area contributed by atoms with E-state index in [1.165, 1.54) is 12.8 Å². The van der Waals surface area contributed by atoms with E-state index in [9.17, 15) is 0 Å². The lowest BCUT2D eigenvalue weighted by molar-refractivity contribution is 0.670. The van der Waals surface area contributed by atoms with E-state index < -0.39 is 0 Å². The highest BCUT2D eigenvalue weighted by Crippen LogP contribution is 2.19. The fraction of sp³-hybridized carbons (Fsp3) is 0.438. The largest absolute Gasteiger partial charge is 0.350 e. The van der Waals surface area contributed by atoms with Gasteiger partial charge in [0.1, 0.15) is 5.82 Å². The van der Waals surface area contributed by atoms with E-state index in [-0.39, 0.29) is 0 Å². The van der Waals surface area contributed by atoms with E-state index in [2.05, 4.69) is 32.1 Å². The molecule has 1 aliphatic rings. The van der Waals surface area contributed by atoms with E-state index in [0.717, 1.165) is 36.8 Å². The van der Waals surface area contributed by atoms with Crippen molar-refractivity contribution in [2.24, 2.45) is 0 Å². The van der Waals surface area contributed by atoms with Gasteiger partial charge in [0.15, 0.2) is 0 Å². The van der Waals surface area contributed by atoms with Gasteiger partial charge in [0.05, 0.1) is 30.3 Å². The third kappa shape index (κ3) is 3.98. The van der Waals surface area contributed by atoms with Crippen LogP contribution < -0.4 is 10.2 Å².